The third kappa shape index (κ3) is 5.29. The Hall–Kier alpha value is -1.91. The number of esters is 1. The van der Waals surface area contributed by atoms with E-state index in [-0.39, 0.29) is 17.6 Å². The number of ether oxygens (including phenoxy) is 1. The van der Waals surface area contributed by atoms with Crippen LogP contribution in [0.25, 0.3) is 0 Å². The van der Waals surface area contributed by atoms with E-state index in [1.807, 2.05) is 61.5 Å². The highest BCUT2D eigenvalue weighted by atomic mass is 28.4. The third-order valence-electron chi connectivity index (χ3n) is 5.04. The standard InChI is InChI=1S/C22H30O3Si/c1-17-12-14-19(15-13-17)20(25-26(5,6)22(2,3)4)21(23)24-16-18-10-8-7-9-11-18/h7-15,20H,16H2,1-6H3. The number of aryl methyl sites for hydroxylation is 1. The molecule has 0 aromatic heterocycles. The topological polar surface area (TPSA) is 35.5 Å². The summed E-state index contributed by atoms with van der Waals surface area (Å²) < 4.78 is 12.0. The Morgan fingerprint density at radius 1 is 1.00 bits per heavy atom. The van der Waals surface area contributed by atoms with Crippen LogP contribution in [-0.4, -0.2) is 14.3 Å². The Labute approximate surface area is 158 Å². The molecule has 0 aliphatic heterocycles. The maximum atomic E-state index is 12.9. The molecule has 0 amide bonds. The van der Waals surface area contributed by atoms with Gasteiger partial charge in [-0.3, -0.25) is 0 Å². The lowest BCUT2D eigenvalue weighted by atomic mass is 10.1. The number of carbonyl (C=O) groups excluding carboxylic acids is 1. The van der Waals surface area contributed by atoms with Gasteiger partial charge in [-0.05, 0) is 36.2 Å². The van der Waals surface area contributed by atoms with Gasteiger partial charge in [0.2, 0.25) is 0 Å². The molecule has 140 valence electrons. The second-order valence-corrected chi connectivity index (χ2v) is 13.0. The molecule has 4 heteroatoms. The molecule has 2 rings (SSSR count). The summed E-state index contributed by atoms with van der Waals surface area (Å²) in [6.45, 7) is 13.1. The molecule has 0 N–H and O–H groups in total. The van der Waals surface area contributed by atoms with Crippen molar-refractivity contribution in [3.05, 3.63) is 71.3 Å². The van der Waals surface area contributed by atoms with Gasteiger partial charge in [0, 0.05) is 0 Å². The van der Waals surface area contributed by atoms with E-state index in [1.165, 1.54) is 0 Å². The number of carbonyl (C=O) groups is 1. The number of hydrogen-bond acceptors (Lipinski definition) is 3. The van der Waals surface area contributed by atoms with Crippen LogP contribution in [0.3, 0.4) is 0 Å². The summed E-state index contributed by atoms with van der Waals surface area (Å²) in [6, 6.07) is 17.6. The molecule has 2 aromatic carbocycles. The fourth-order valence-corrected chi connectivity index (χ4v) is 3.44. The Balaban J connectivity index is 2.22. The molecule has 0 heterocycles. The smallest absolute Gasteiger partial charge is 0.339 e. The van der Waals surface area contributed by atoms with E-state index >= 15 is 0 Å². The highest BCUT2D eigenvalue weighted by Crippen LogP contribution is 2.40. The van der Waals surface area contributed by atoms with Crippen molar-refractivity contribution in [3.8, 4) is 0 Å². The van der Waals surface area contributed by atoms with Gasteiger partial charge in [0.1, 0.15) is 6.61 Å². The van der Waals surface area contributed by atoms with E-state index in [0.717, 1.165) is 16.7 Å². The van der Waals surface area contributed by atoms with E-state index in [9.17, 15) is 4.79 Å². The van der Waals surface area contributed by atoms with Crippen molar-refractivity contribution in [1.82, 2.24) is 0 Å². The van der Waals surface area contributed by atoms with Crippen molar-refractivity contribution < 1.29 is 14.0 Å². The maximum absolute atomic E-state index is 12.9. The molecule has 0 saturated carbocycles. The van der Waals surface area contributed by atoms with Crippen LogP contribution in [0.15, 0.2) is 54.6 Å². The first-order valence-electron chi connectivity index (χ1n) is 9.05. The quantitative estimate of drug-likeness (QED) is 0.476. The van der Waals surface area contributed by atoms with Gasteiger partial charge in [-0.25, -0.2) is 4.79 Å². The average Bonchev–Trinajstić information content (AvgIpc) is 2.58. The van der Waals surface area contributed by atoms with Gasteiger partial charge in [-0.15, -0.1) is 0 Å². The highest BCUT2D eigenvalue weighted by molar-refractivity contribution is 6.74. The van der Waals surface area contributed by atoms with Crippen LogP contribution >= 0.6 is 0 Å². The number of hydrogen-bond donors (Lipinski definition) is 0. The molecule has 26 heavy (non-hydrogen) atoms. The van der Waals surface area contributed by atoms with Crippen LogP contribution in [0.1, 0.15) is 43.6 Å². The summed E-state index contributed by atoms with van der Waals surface area (Å²) >= 11 is 0. The lowest BCUT2D eigenvalue weighted by Gasteiger charge is -2.38. The second kappa shape index (κ2) is 8.19. The van der Waals surface area contributed by atoms with Crippen LogP contribution in [0.4, 0.5) is 0 Å². The Morgan fingerprint density at radius 2 is 1.58 bits per heavy atom. The van der Waals surface area contributed by atoms with E-state index in [4.69, 9.17) is 9.16 Å². The zero-order valence-electron chi connectivity index (χ0n) is 16.7. The number of rotatable bonds is 6. The first-order chi connectivity index (χ1) is 12.1. The first kappa shape index (κ1) is 20.4. The van der Waals surface area contributed by atoms with Crippen molar-refractivity contribution in [3.63, 3.8) is 0 Å². The molecule has 1 unspecified atom stereocenters. The minimum absolute atomic E-state index is 0.00958. The van der Waals surface area contributed by atoms with Crippen LogP contribution in [0, 0.1) is 6.92 Å². The molecule has 2 aromatic rings. The Kier molecular flexibility index (Phi) is 6.42. The molecular formula is C22H30O3Si. The summed E-state index contributed by atoms with van der Waals surface area (Å²) in [6.07, 6.45) is -0.694. The molecule has 0 saturated heterocycles. The van der Waals surface area contributed by atoms with E-state index in [2.05, 4.69) is 33.9 Å². The van der Waals surface area contributed by atoms with Gasteiger partial charge in [-0.1, -0.05) is 80.9 Å². The molecule has 3 nitrogen and oxygen atoms in total. The maximum Gasteiger partial charge on any atom is 0.339 e. The van der Waals surface area contributed by atoms with Crippen molar-refractivity contribution in [2.75, 3.05) is 0 Å². The highest BCUT2D eigenvalue weighted by Gasteiger charge is 2.41. The molecule has 0 bridgehead atoms. The van der Waals surface area contributed by atoms with Crippen molar-refractivity contribution in [1.29, 1.82) is 0 Å². The lowest BCUT2D eigenvalue weighted by Crippen LogP contribution is -2.43. The summed E-state index contributed by atoms with van der Waals surface area (Å²) in [4.78, 5) is 12.9. The van der Waals surface area contributed by atoms with Crippen molar-refractivity contribution in [2.45, 2.75) is 58.5 Å². The van der Waals surface area contributed by atoms with Gasteiger partial charge >= 0.3 is 5.97 Å². The second-order valence-electron chi connectivity index (χ2n) is 8.26. The summed E-state index contributed by atoms with van der Waals surface area (Å²) in [5.41, 5.74) is 2.96. The molecule has 0 spiro atoms. The molecular weight excluding hydrogens is 340 g/mol. The fourth-order valence-electron chi connectivity index (χ4n) is 2.27. The van der Waals surface area contributed by atoms with Crippen LogP contribution in [0.5, 0.6) is 0 Å². The molecule has 0 fully saturated rings. The molecule has 0 radical (unpaired) electrons. The largest absolute Gasteiger partial charge is 0.459 e. The van der Waals surface area contributed by atoms with Crippen LogP contribution < -0.4 is 0 Å². The monoisotopic (exact) mass is 370 g/mol. The Bertz CT molecular complexity index is 715. The van der Waals surface area contributed by atoms with Gasteiger partial charge < -0.3 is 9.16 Å². The SMILES string of the molecule is Cc1ccc(C(O[Si](C)(C)C(C)(C)C)C(=O)OCc2ccccc2)cc1. The predicted molar refractivity (Wildman–Crippen MR) is 108 cm³/mol. The van der Waals surface area contributed by atoms with Gasteiger partial charge in [0.25, 0.3) is 0 Å². The van der Waals surface area contributed by atoms with Crippen molar-refractivity contribution in [2.24, 2.45) is 0 Å². The van der Waals surface area contributed by atoms with Crippen LogP contribution in [-0.2, 0) is 20.6 Å². The van der Waals surface area contributed by atoms with E-state index in [1.54, 1.807) is 0 Å². The zero-order chi connectivity index (χ0) is 19.4. The predicted octanol–water partition coefficient (Wildman–Crippen LogP) is 5.80. The fraction of sp³-hybridized carbons (Fsp3) is 0.409. The summed E-state index contributed by atoms with van der Waals surface area (Å²) in [5, 5.41) is 0.00958. The van der Waals surface area contributed by atoms with Gasteiger partial charge in [0.15, 0.2) is 14.4 Å². The Morgan fingerprint density at radius 3 is 2.12 bits per heavy atom. The summed E-state index contributed by atoms with van der Waals surface area (Å²) in [5.74, 6) is -0.331. The third-order valence-corrected chi connectivity index (χ3v) is 9.47. The lowest BCUT2D eigenvalue weighted by molar-refractivity contribution is -0.154. The summed E-state index contributed by atoms with van der Waals surface area (Å²) in [7, 11) is -2.14. The van der Waals surface area contributed by atoms with Crippen LogP contribution in [0.2, 0.25) is 18.1 Å². The average molecular weight is 371 g/mol. The van der Waals surface area contributed by atoms with E-state index in [0.29, 0.717) is 0 Å². The van der Waals surface area contributed by atoms with Crippen molar-refractivity contribution >= 4 is 14.3 Å². The number of benzene rings is 2. The zero-order valence-corrected chi connectivity index (χ0v) is 17.7. The minimum Gasteiger partial charge on any atom is -0.459 e. The first-order valence-corrected chi connectivity index (χ1v) is 12.0. The molecule has 0 aliphatic carbocycles. The van der Waals surface area contributed by atoms with E-state index < -0.39 is 14.4 Å². The van der Waals surface area contributed by atoms with Gasteiger partial charge in [0.05, 0.1) is 0 Å². The molecule has 0 aliphatic rings. The normalized spacial score (nSPS) is 13.3. The minimum atomic E-state index is -2.14. The van der Waals surface area contributed by atoms with Gasteiger partial charge in [-0.2, -0.15) is 0 Å². The molecule has 1 atom stereocenters.